The fraction of sp³-hybridized carbons (Fsp3) is 0.364. The third-order valence-corrected chi connectivity index (χ3v) is 4.55. The molecule has 0 radical (unpaired) electrons. The highest BCUT2D eigenvalue weighted by Gasteiger charge is 2.11. The number of anilines is 1. The van der Waals surface area contributed by atoms with Crippen molar-refractivity contribution in [3.8, 4) is 5.75 Å². The molecule has 3 nitrogen and oxygen atoms in total. The summed E-state index contributed by atoms with van der Waals surface area (Å²) in [5.74, 6) is 1.93. The zero-order valence-corrected chi connectivity index (χ0v) is 13.3. The molecule has 0 saturated heterocycles. The molecule has 2 rings (SSSR count). The molecule has 1 heterocycles. The standard InChI is InChI=1S/C11H12Br2N2OS/c1-16-10-6-9(7(12)5-8(10)13)15-11-14-3-2-4-17-11/h5-6H,2-4H2,1H3,(H,14,15). The minimum atomic E-state index is 0.803. The Balaban J connectivity index is 2.22. The average Bonchev–Trinajstić information content (AvgIpc) is 2.34. The second kappa shape index (κ2) is 6.11. The fourth-order valence-electron chi connectivity index (χ4n) is 1.43. The van der Waals surface area contributed by atoms with E-state index in [0.717, 1.165) is 44.3 Å². The Morgan fingerprint density at radius 3 is 2.82 bits per heavy atom. The Hall–Kier alpha value is -0.200. The van der Waals surface area contributed by atoms with Gasteiger partial charge in [0.2, 0.25) is 0 Å². The van der Waals surface area contributed by atoms with Crippen LogP contribution in [0.1, 0.15) is 6.42 Å². The highest BCUT2D eigenvalue weighted by Crippen LogP contribution is 2.35. The van der Waals surface area contributed by atoms with Gasteiger partial charge >= 0.3 is 0 Å². The minimum Gasteiger partial charge on any atom is -0.495 e. The van der Waals surface area contributed by atoms with Crippen LogP contribution in [-0.2, 0) is 0 Å². The maximum absolute atomic E-state index is 5.28. The molecule has 92 valence electrons. The van der Waals surface area contributed by atoms with Crippen LogP contribution in [-0.4, -0.2) is 24.6 Å². The second-order valence-corrected chi connectivity index (χ2v) is 6.27. The number of hydrogen-bond donors (Lipinski definition) is 1. The quantitative estimate of drug-likeness (QED) is 0.838. The predicted octanol–water partition coefficient (Wildman–Crippen LogP) is 4.13. The van der Waals surface area contributed by atoms with Gasteiger partial charge in [0.1, 0.15) is 5.75 Å². The zero-order chi connectivity index (χ0) is 12.3. The predicted molar refractivity (Wildman–Crippen MR) is 81.4 cm³/mol. The first kappa shape index (κ1) is 13.2. The smallest absolute Gasteiger partial charge is 0.161 e. The molecule has 0 aliphatic carbocycles. The maximum atomic E-state index is 5.28. The third kappa shape index (κ3) is 3.39. The van der Waals surface area contributed by atoms with Gasteiger partial charge in [-0.2, -0.15) is 0 Å². The van der Waals surface area contributed by atoms with Gasteiger partial charge in [-0.05, 0) is 44.3 Å². The monoisotopic (exact) mass is 378 g/mol. The molecule has 0 amide bonds. The van der Waals surface area contributed by atoms with E-state index < -0.39 is 0 Å². The fourth-order valence-corrected chi connectivity index (χ4v) is 3.52. The Morgan fingerprint density at radius 1 is 1.35 bits per heavy atom. The van der Waals surface area contributed by atoms with Crippen molar-refractivity contribution in [2.24, 2.45) is 4.99 Å². The first-order valence-corrected chi connectivity index (χ1v) is 7.75. The molecule has 1 aliphatic rings. The van der Waals surface area contributed by atoms with E-state index in [0.29, 0.717) is 0 Å². The van der Waals surface area contributed by atoms with Gasteiger partial charge in [0.15, 0.2) is 5.17 Å². The van der Waals surface area contributed by atoms with Gasteiger partial charge in [0.05, 0.1) is 17.3 Å². The summed E-state index contributed by atoms with van der Waals surface area (Å²) in [4.78, 5) is 4.44. The molecule has 0 fully saturated rings. The molecule has 0 aromatic heterocycles. The van der Waals surface area contributed by atoms with E-state index in [1.165, 1.54) is 0 Å². The first-order chi connectivity index (χ1) is 8.20. The number of nitrogens with zero attached hydrogens (tertiary/aromatic N) is 1. The zero-order valence-electron chi connectivity index (χ0n) is 9.30. The highest BCUT2D eigenvalue weighted by molar-refractivity contribution is 9.11. The summed E-state index contributed by atoms with van der Waals surface area (Å²) in [5, 5.41) is 4.29. The van der Waals surface area contributed by atoms with E-state index in [1.807, 2.05) is 12.1 Å². The van der Waals surface area contributed by atoms with Gasteiger partial charge in [-0.3, -0.25) is 4.99 Å². The van der Waals surface area contributed by atoms with Crippen molar-refractivity contribution in [1.29, 1.82) is 0 Å². The summed E-state index contributed by atoms with van der Waals surface area (Å²) < 4.78 is 7.19. The summed E-state index contributed by atoms with van der Waals surface area (Å²) in [6.07, 6.45) is 1.15. The van der Waals surface area contributed by atoms with Crippen LogP contribution in [0.3, 0.4) is 0 Å². The van der Waals surface area contributed by atoms with Gasteiger partial charge in [-0.25, -0.2) is 0 Å². The molecule has 0 atom stereocenters. The summed E-state index contributed by atoms with van der Waals surface area (Å²) in [5.41, 5.74) is 0.971. The molecule has 17 heavy (non-hydrogen) atoms. The number of thioether (sulfide) groups is 1. The Morgan fingerprint density at radius 2 is 2.18 bits per heavy atom. The van der Waals surface area contributed by atoms with Crippen molar-refractivity contribution in [1.82, 2.24) is 0 Å². The maximum Gasteiger partial charge on any atom is 0.161 e. The first-order valence-electron chi connectivity index (χ1n) is 5.18. The van der Waals surface area contributed by atoms with E-state index in [2.05, 4.69) is 42.2 Å². The van der Waals surface area contributed by atoms with E-state index in [9.17, 15) is 0 Å². The van der Waals surface area contributed by atoms with Crippen molar-refractivity contribution < 1.29 is 4.74 Å². The minimum absolute atomic E-state index is 0.803. The highest BCUT2D eigenvalue weighted by atomic mass is 79.9. The van der Waals surface area contributed by atoms with Gasteiger partial charge in [-0.15, -0.1) is 0 Å². The van der Waals surface area contributed by atoms with Crippen LogP contribution >= 0.6 is 43.6 Å². The van der Waals surface area contributed by atoms with Crippen molar-refractivity contribution in [3.63, 3.8) is 0 Å². The van der Waals surface area contributed by atoms with Crippen molar-refractivity contribution in [3.05, 3.63) is 21.1 Å². The van der Waals surface area contributed by atoms with Gasteiger partial charge in [0, 0.05) is 22.8 Å². The molecule has 0 bridgehead atoms. The number of benzene rings is 1. The largest absolute Gasteiger partial charge is 0.495 e. The molecule has 1 aromatic rings. The van der Waals surface area contributed by atoms with Crippen molar-refractivity contribution in [2.75, 3.05) is 24.7 Å². The van der Waals surface area contributed by atoms with Crippen LogP contribution in [0, 0.1) is 0 Å². The lowest BCUT2D eigenvalue weighted by molar-refractivity contribution is 0.412. The number of rotatable bonds is 2. The normalized spacial score (nSPS) is 15.4. The summed E-state index contributed by atoms with van der Waals surface area (Å²) in [6.45, 7) is 0.903. The van der Waals surface area contributed by atoms with Crippen LogP contribution in [0.5, 0.6) is 5.75 Å². The lowest BCUT2D eigenvalue weighted by atomic mass is 10.3. The molecule has 1 N–H and O–H groups in total. The lowest BCUT2D eigenvalue weighted by Gasteiger charge is -2.15. The molecule has 0 unspecified atom stereocenters. The second-order valence-electron chi connectivity index (χ2n) is 3.48. The molecule has 1 aromatic carbocycles. The summed E-state index contributed by atoms with van der Waals surface area (Å²) in [6, 6.07) is 3.92. The SMILES string of the molecule is COc1cc(NC2=NCCCS2)c(Br)cc1Br. The number of aliphatic imine (C=N–C) groups is 1. The van der Waals surface area contributed by atoms with Crippen LogP contribution < -0.4 is 10.1 Å². The lowest BCUT2D eigenvalue weighted by Crippen LogP contribution is -2.13. The number of amidine groups is 1. The number of nitrogens with one attached hydrogen (secondary N) is 1. The van der Waals surface area contributed by atoms with Gasteiger partial charge < -0.3 is 10.1 Å². The number of hydrogen-bond acceptors (Lipinski definition) is 4. The van der Waals surface area contributed by atoms with Crippen LogP contribution in [0.15, 0.2) is 26.1 Å². The number of ether oxygens (including phenoxy) is 1. The summed E-state index contributed by atoms with van der Waals surface area (Å²) >= 11 is 8.72. The Labute approximate surface area is 122 Å². The van der Waals surface area contributed by atoms with Gasteiger partial charge in [-0.1, -0.05) is 11.8 Å². The molecular weight excluding hydrogens is 368 g/mol. The van der Waals surface area contributed by atoms with E-state index in [1.54, 1.807) is 18.9 Å². The Bertz CT molecular complexity index is 451. The van der Waals surface area contributed by atoms with Crippen LogP contribution in [0.4, 0.5) is 5.69 Å². The molecule has 0 spiro atoms. The van der Waals surface area contributed by atoms with E-state index >= 15 is 0 Å². The molecule has 6 heteroatoms. The van der Waals surface area contributed by atoms with Crippen molar-refractivity contribution >= 4 is 54.5 Å². The molecule has 0 saturated carbocycles. The van der Waals surface area contributed by atoms with E-state index in [4.69, 9.17) is 4.74 Å². The number of halogens is 2. The molecule has 1 aliphatic heterocycles. The van der Waals surface area contributed by atoms with Crippen LogP contribution in [0.25, 0.3) is 0 Å². The average molecular weight is 380 g/mol. The van der Waals surface area contributed by atoms with Crippen molar-refractivity contribution in [2.45, 2.75) is 6.42 Å². The van der Waals surface area contributed by atoms with Crippen LogP contribution in [0.2, 0.25) is 0 Å². The topological polar surface area (TPSA) is 33.6 Å². The molecular formula is C11H12Br2N2OS. The third-order valence-electron chi connectivity index (χ3n) is 2.28. The number of methoxy groups -OCH3 is 1. The summed E-state index contributed by atoms with van der Waals surface area (Å²) in [7, 11) is 1.66. The van der Waals surface area contributed by atoms with E-state index in [-0.39, 0.29) is 0 Å². The van der Waals surface area contributed by atoms with Gasteiger partial charge in [0.25, 0.3) is 0 Å². The Kier molecular flexibility index (Phi) is 4.76.